The van der Waals surface area contributed by atoms with Gasteiger partial charge in [-0.25, -0.2) is 8.42 Å². The number of nitrogens with one attached hydrogen (secondary N) is 1. The second kappa shape index (κ2) is 14.0. The van der Waals surface area contributed by atoms with Crippen molar-refractivity contribution in [1.82, 2.24) is 10.2 Å². The van der Waals surface area contributed by atoms with Crippen LogP contribution >= 0.6 is 0 Å². The van der Waals surface area contributed by atoms with E-state index < -0.39 is 28.5 Å². The number of sulfonamides is 1. The summed E-state index contributed by atoms with van der Waals surface area (Å²) in [4.78, 5) is 28.7. The second-order valence-electron chi connectivity index (χ2n) is 9.81. The zero-order valence-electron chi connectivity index (χ0n) is 24.5. The van der Waals surface area contributed by atoms with E-state index in [1.165, 1.54) is 37.3 Å². The summed E-state index contributed by atoms with van der Waals surface area (Å²) < 4.78 is 39.7. The summed E-state index contributed by atoms with van der Waals surface area (Å²) in [5, 5.41) is 2.94. The number of methoxy groups -OCH3 is 2. The number of hydrogen-bond acceptors (Lipinski definition) is 6. The van der Waals surface area contributed by atoms with Crippen LogP contribution < -0.4 is 19.1 Å². The van der Waals surface area contributed by atoms with E-state index >= 15 is 0 Å². The molecule has 0 aliphatic rings. The van der Waals surface area contributed by atoms with Crippen molar-refractivity contribution in [2.75, 3.05) is 25.1 Å². The molecular formula is C31H39N3O6S. The van der Waals surface area contributed by atoms with Crippen molar-refractivity contribution in [1.29, 1.82) is 0 Å². The number of hydrogen-bond donors (Lipinski definition) is 1. The highest BCUT2D eigenvalue weighted by Crippen LogP contribution is 2.34. The van der Waals surface area contributed by atoms with Crippen LogP contribution in [0.2, 0.25) is 0 Å². The largest absolute Gasteiger partial charge is 0.493 e. The van der Waals surface area contributed by atoms with Crippen molar-refractivity contribution in [2.24, 2.45) is 0 Å². The Labute approximate surface area is 243 Å². The van der Waals surface area contributed by atoms with Gasteiger partial charge in [0, 0.05) is 18.7 Å². The maximum Gasteiger partial charge on any atom is 0.264 e. The van der Waals surface area contributed by atoms with Crippen LogP contribution in [0.5, 0.6) is 11.5 Å². The van der Waals surface area contributed by atoms with E-state index in [4.69, 9.17) is 9.47 Å². The number of ether oxygens (including phenoxy) is 2. The van der Waals surface area contributed by atoms with Crippen molar-refractivity contribution < 1.29 is 27.5 Å². The Kier molecular flexibility index (Phi) is 10.8. The summed E-state index contributed by atoms with van der Waals surface area (Å²) in [6, 6.07) is 19.2. The standard InChI is InChI=1S/C31H39N3O6S/c1-7-23(3)32-31(36)24(4)33(20-25-14-12-11-13-22(25)2)30(35)21-34(41(37,38)27-15-9-8-10-16-27)26-17-18-28(39-5)29(19-26)40-6/h8-19,23-24H,7,20-21H2,1-6H3,(H,32,36). The number of anilines is 1. The number of carbonyl (C=O) groups excluding carboxylic acids is 2. The van der Waals surface area contributed by atoms with Crippen LogP contribution in [0, 0.1) is 6.92 Å². The number of rotatable bonds is 13. The number of amides is 2. The lowest BCUT2D eigenvalue weighted by Gasteiger charge is -2.33. The highest BCUT2D eigenvalue weighted by atomic mass is 32.2. The van der Waals surface area contributed by atoms with Crippen molar-refractivity contribution in [3.8, 4) is 11.5 Å². The predicted molar refractivity (Wildman–Crippen MR) is 160 cm³/mol. The third kappa shape index (κ3) is 7.58. The Morgan fingerprint density at radius 1 is 0.902 bits per heavy atom. The summed E-state index contributed by atoms with van der Waals surface area (Å²) >= 11 is 0. The van der Waals surface area contributed by atoms with Gasteiger partial charge >= 0.3 is 0 Å². The molecule has 0 fully saturated rings. The summed E-state index contributed by atoms with van der Waals surface area (Å²) in [5.41, 5.74) is 2.02. The van der Waals surface area contributed by atoms with Crippen LogP contribution in [0.25, 0.3) is 0 Å². The fourth-order valence-corrected chi connectivity index (χ4v) is 5.67. The average Bonchev–Trinajstić information content (AvgIpc) is 2.98. The Balaban J connectivity index is 2.08. The van der Waals surface area contributed by atoms with E-state index in [0.29, 0.717) is 11.5 Å². The average molecular weight is 582 g/mol. The Morgan fingerprint density at radius 2 is 1.54 bits per heavy atom. The first-order valence-electron chi connectivity index (χ1n) is 13.5. The SMILES string of the molecule is CCC(C)NC(=O)C(C)N(Cc1ccccc1C)C(=O)CN(c1ccc(OC)c(OC)c1)S(=O)(=O)c1ccccc1. The molecule has 10 heteroatoms. The van der Waals surface area contributed by atoms with E-state index in [1.807, 2.05) is 45.0 Å². The van der Waals surface area contributed by atoms with E-state index in [0.717, 1.165) is 21.9 Å². The van der Waals surface area contributed by atoms with Crippen LogP contribution in [-0.4, -0.2) is 58.0 Å². The maximum absolute atomic E-state index is 14.1. The Hall–Kier alpha value is -4.05. The van der Waals surface area contributed by atoms with Gasteiger partial charge in [-0.1, -0.05) is 49.4 Å². The summed E-state index contributed by atoms with van der Waals surface area (Å²) in [6.45, 7) is 7.02. The molecule has 9 nitrogen and oxygen atoms in total. The smallest absolute Gasteiger partial charge is 0.264 e. The second-order valence-corrected chi connectivity index (χ2v) is 11.7. The molecule has 0 aliphatic carbocycles. The van der Waals surface area contributed by atoms with Crippen LogP contribution in [-0.2, 0) is 26.2 Å². The summed E-state index contributed by atoms with van der Waals surface area (Å²) in [7, 11) is -1.26. The Bertz CT molecular complexity index is 1450. The molecule has 2 amide bonds. The van der Waals surface area contributed by atoms with E-state index in [-0.39, 0.29) is 29.1 Å². The molecule has 0 aliphatic heterocycles. The number of nitrogens with zero attached hydrogens (tertiary/aromatic N) is 2. The van der Waals surface area contributed by atoms with Gasteiger partial charge in [-0.2, -0.15) is 0 Å². The van der Waals surface area contributed by atoms with Crippen molar-refractivity contribution in [2.45, 2.75) is 57.6 Å². The van der Waals surface area contributed by atoms with E-state index in [2.05, 4.69) is 5.32 Å². The van der Waals surface area contributed by atoms with Crippen molar-refractivity contribution in [3.05, 3.63) is 83.9 Å². The van der Waals surface area contributed by atoms with Crippen LogP contribution in [0.15, 0.2) is 77.7 Å². The normalized spacial score (nSPS) is 12.6. The zero-order chi connectivity index (χ0) is 30.2. The molecule has 2 unspecified atom stereocenters. The van der Waals surface area contributed by atoms with Gasteiger partial charge in [0.25, 0.3) is 10.0 Å². The van der Waals surface area contributed by atoms with E-state index in [9.17, 15) is 18.0 Å². The van der Waals surface area contributed by atoms with Gasteiger partial charge in [0.1, 0.15) is 12.6 Å². The monoisotopic (exact) mass is 581 g/mol. The highest BCUT2D eigenvalue weighted by molar-refractivity contribution is 7.92. The van der Waals surface area contributed by atoms with E-state index in [1.54, 1.807) is 37.3 Å². The molecular weight excluding hydrogens is 542 g/mol. The molecule has 0 saturated carbocycles. The molecule has 3 aromatic carbocycles. The minimum atomic E-state index is -4.19. The van der Waals surface area contributed by atoms with Gasteiger partial charge in [0.2, 0.25) is 11.8 Å². The Morgan fingerprint density at radius 3 is 2.15 bits per heavy atom. The molecule has 1 N–H and O–H groups in total. The predicted octanol–water partition coefficient (Wildman–Crippen LogP) is 4.54. The molecule has 0 spiro atoms. The molecule has 0 bridgehead atoms. The number of benzene rings is 3. The van der Waals surface area contributed by atoms with Gasteiger partial charge < -0.3 is 19.7 Å². The number of carbonyl (C=O) groups is 2. The minimum absolute atomic E-state index is 0.0237. The molecule has 0 heterocycles. The lowest BCUT2D eigenvalue weighted by atomic mass is 10.1. The summed E-state index contributed by atoms with van der Waals surface area (Å²) in [5.74, 6) is -0.126. The molecule has 3 aromatic rings. The minimum Gasteiger partial charge on any atom is -0.493 e. The quantitative estimate of drug-likeness (QED) is 0.318. The van der Waals surface area contributed by atoms with Gasteiger partial charge in [-0.3, -0.25) is 13.9 Å². The molecule has 0 radical (unpaired) electrons. The lowest BCUT2D eigenvalue weighted by molar-refractivity contribution is -0.139. The van der Waals surface area contributed by atoms with Crippen LogP contribution in [0.4, 0.5) is 5.69 Å². The first-order valence-corrected chi connectivity index (χ1v) is 14.9. The fourth-order valence-electron chi connectivity index (χ4n) is 4.25. The molecule has 0 aromatic heterocycles. The lowest BCUT2D eigenvalue weighted by Crippen LogP contribution is -2.52. The summed E-state index contributed by atoms with van der Waals surface area (Å²) in [6.07, 6.45) is 0.729. The number of aryl methyl sites for hydroxylation is 1. The molecule has 0 saturated heterocycles. The van der Waals surface area contributed by atoms with Gasteiger partial charge in [0.15, 0.2) is 11.5 Å². The zero-order valence-corrected chi connectivity index (χ0v) is 25.3. The molecule has 220 valence electrons. The molecule has 2 atom stereocenters. The third-order valence-corrected chi connectivity index (χ3v) is 8.82. The maximum atomic E-state index is 14.1. The highest BCUT2D eigenvalue weighted by Gasteiger charge is 2.33. The third-order valence-electron chi connectivity index (χ3n) is 7.04. The van der Waals surface area contributed by atoms with Gasteiger partial charge in [-0.15, -0.1) is 0 Å². The van der Waals surface area contributed by atoms with Crippen molar-refractivity contribution >= 4 is 27.5 Å². The fraction of sp³-hybridized carbons (Fsp3) is 0.355. The first-order chi connectivity index (χ1) is 19.5. The van der Waals surface area contributed by atoms with Gasteiger partial charge in [-0.05, 0) is 62.6 Å². The van der Waals surface area contributed by atoms with Crippen LogP contribution in [0.1, 0.15) is 38.3 Å². The molecule has 3 rings (SSSR count). The first kappa shape index (κ1) is 31.5. The molecule has 41 heavy (non-hydrogen) atoms. The van der Waals surface area contributed by atoms with Crippen molar-refractivity contribution in [3.63, 3.8) is 0 Å². The van der Waals surface area contributed by atoms with Gasteiger partial charge in [0.05, 0.1) is 24.8 Å². The topological polar surface area (TPSA) is 105 Å². The van der Waals surface area contributed by atoms with Crippen LogP contribution in [0.3, 0.4) is 0 Å².